The van der Waals surface area contributed by atoms with Gasteiger partial charge in [0.2, 0.25) is 0 Å². The molecule has 56 heavy (non-hydrogen) atoms. The molecule has 332 valence electrons. The van der Waals surface area contributed by atoms with E-state index < -0.39 is 6.10 Å². The maximum Gasteiger partial charge on any atom is 0.306 e. The van der Waals surface area contributed by atoms with Gasteiger partial charge in [0.05, 0.1) is 0 Å². The number of unbranched alkanes of at least 4 members (excludes halogenated alkanes) is 29. The Morgan fingerprint density at radius 2 is 0.589 bits per heavy atom. The molecule has 0 saturated carbocycles. The van der Waals surface area contributed by atoms with Gasteiger partial charge >= 0.3 is 17.9 Å². The van der Waals surface area contributed by atoms with Crippen molar-refractivity contribution >= 4 is 17.9 Å². The molecule has 0 aliphatic carbocycles. The molecule has 6 heteroatoms. The molecule has 1 atom stereocenters. The molecule has 0 aromatic rings. The fraction of sp³-hybridized carbons (Fsp3) is 0.940. The second-order valence-corrected chi connectivity index (χ2v) is 18.1. The summed E-state index contributed by atoms with van der Waals surface area (Å²) in [6, 6.07) is 0. The van der Waals surface area contributed by atoms with E-state index in [9.17, 15) is 14.4 Å². The molecule has 0 aromatic heterocycles. The summed E-state index contributed by atoms with van der Waals surface area (Å²) in [6.07, 6.45) is 42.6. The van der Waals surface area contributed by atoms with Crippen LogP contribution in [0.1, 0.15) is 272 Å². The van der Waals surface area contributed by atoms with E-state index in [1.807, 2.05) is 0 Å². The van der Waals surface area contributed by atoms with Gasteiger partial charge in [-0.2, -0.15) is 0 Å². The monoisotopic (exact) mass is 793 g/mol. The van der Waals surface area contributed by atoms with E-state index in [1.165, 1.54) is 161 Å². The minimum absolute atomic E-state index is 0.0651. The smallest absolute Gasteiger partial charge is 0.306 e. The maximum absolute atomic E-state index is 12.7. The molecule has 0 aromatic carbocycles. The Labute approximate surface area is 348 Å². The Balaban J connectivity index is 4.10. The van der Waals surface area contributed by atoms with Crippen LogP contribution in [-0.2, 0) is 28.6 Å². The number of carbonyl (C=O) groups excluding carboxylic acids is 3. The van der Waals surface area contributed by atoms with Crippen LogP contribution in [0.3, 0.4) is 0 Å². The van der Waals surface area contributed by atoms with Gasteiger partial charge in [0.15, 0.2) is 6.10 Å². The molecule has 0 spiro atoms. The van der Waals surface area contributed by atoms with Gasteiger partial charge in [0, 0.05) is 19.3 Å². The van der Waals surface area contributed by atoms with E-state index in [2.05, 4.69) is 34.6 Å². The highest BCUT2D eigenvalue weighted by atomic mass is 16.6. The lowest BCUT2D eigenvalue weighted by Crippen LogP contribution is -2.30. The Bertz CT molecular complexity index is 854. The van der Waals surface area contributed by atoms with Gasteiger partial charge in [0.25, 0.3) is 0 Å². The summed E-state index contributed by atoms with van der Waals surface area (Å²) in [5.41, 5.74) is 0. The Morgan fingerprint density at radius 1 is 0.339 bits per heavy atom. The quantitative estimate of drug-likeness (QED) is 0.0347. The molecule has 0 heterocycles. The van der Waals surface area contributed by atoms with Crippen LogP contribution in [0.4, 0.5) is 0 Å². The van der Waals surface area contributed by atoms with Crippen LogP contribution in [-0.4, -0.2) is 37.2 Å². The SMILES string of the molecule is CCCCCCCCCC(=O)OC[C@H](COC(=O)CCCCCCCCCCCCCCCCCCCCC(C)C)OC(=O)CCCCCCCCCC(C)C. The van der Waals surface area contributed by atoms with Crippen LogP contribution >= 0.6 is 0 Å². The molecule has 0 N–H and O–H groups in total. The van der Waals surface area contributed by atoms with E-state index in [4.69, 9.17) is 14.2 Å². The Hall–Kier alpha value is -1.59. The summed E-state index contributed by atoms with van der Waals surface area (Å²) in [5, 5.41) is 0. The number of ether oxygens (including phenoxy) is 3. The number of hydrogen-bond acceptors (Lipinski definition) is 6. The Kier molecular flexibility index (Phi) is 41.8. The zero-order valence-corrected chi connectivity index (χ0v) is 38.3. The number of esters is 3. The van der Waals surface area contributed by atoms with E-state index >= 15 is 0 Å². The molecule has 0 unspecified atom stereocenters. The van der Waals surface area contributed by atoms with E-state index in [0.717, 1.165) is 69.6 Å². The lowest BCUT2D eigenvalue weighted by molar-refractivity contribution is -0.167. The standard InChI is InChI=1S/C50H96O6/c1-6-7-8-9-23-30-35-40-48(51)54-43-47(56-50(53)42-37-32-27-22-25-29-34-39-46(4)5)44-55-49(52)41-36-31-26-21-19-17-15-13-11-10-12-14-16-18-20-24-28-33-38-45(2)3/h45-47H,6-44H2,1-5H3/t47-/m1/s1. The molecule has 0 aliphatic heterocycles. The summed E-state index contributed by atoms with van der Waals surface area (Å²) in [5.74, 6) is 0.775. The van der Waals surface area contributed by atoms with Gasteiger partial charge in [-0.1, -0.05) is 234 Å². The fourth-order valence-electron chi connectivity index (χ4n) is 7.46. The van der Waals surface area contributed by atoms with Crippen molar-refractivity contribution in [3.8, 4) is 0 Å². The van der Waals surface area contributed by atoms with Gasteiger partial charge in [-0.15, -0.1) is 0 Å². The van der Waals surface area contributed by atoms with Crippen molar-refractivity contribution in [2.75, 3.05) is 13.2 Å². The Morgan fingerprint density at radius 3 is 0.875 bits per heavy atom. The van der Waals surface area contributed by atoms with Crippen molar-refractivity contribution in [1.29, 1.82) is 0 Å². The normalized spacial score (nSPS) is 12.1. The topological polar surface area (TPSA) is 78.9 Å². The first-order valence-corrected chi connectivity index (χ1v) is 24.7. The van der Waals surface area contributed by atoms with Crippen LogP contribution in [0.2, 0.25) is 0 Å². The lowest BCUT2D eigenvalue weighted by Gasteiger charge is -2.18. The number of rotatable bonds is 44. The fourth-order valence-corrected chi connectivity index (χ4v) is 7.46. The van der Waals surface area contributed by atoms with Gasteiger partial charge in [-0.3, -0.25) is 14.4 Å². The van der Waals surface area contributed by atoms with Crippen LogP contribution in [0.25, 0.3) is 0 Å². The molecular weight excluding hydrogens is 697 g/mol. The van der Waals surface area contributed by atoms with E-state index in [-0.39, 0.29) is 31.1 Å². The van der Waals surface area contributed by atoms with Crippen LogP contribution in [0.5, 0.6) is 0 Å². The number of hydrogen-bond donors (Lipinski definition) is 0. The van der Waals surface area contributed by atoms with E-state index in [1.54, 1.807) is 0 Å². The summed E-state index contributed by atoms with van der Waals surface area (Å²) >= 11 is 0. The summed E-state index contributed by atoms with van der Waals surface area (Å²) in [4.78, 5) is 37.6. The molecule has 0 bridgehead atoms. The van der Waals surface area contributed by atoms with Crippen molar-refractivity contribution in [2.24, 2.45) is 11.8 Å². The van der Waals surface area contributed by atoms with Crippen molar-refractivity contribution in [3.05, 3.63) is 0 Å². The van der Waals surface area contributed by atoms with Crippen LogP contribution < -0.4 is 0 Å². The molecule has 0 saturated heterocycles. The lowest BCUT2D eigenvalue weighted by atomic mass is 10.0. The zero-order chi connectivity index (χ0) is 41.2. The second kappa shape index (κ2) is 43.0. The van der Waals surface area contributed by atoms with E-state index in [0.29, 0.717) is 19.3 Å². The summed E-state index contributed by atoms with van der Waals surface area (Å²) in [7, 11) is 0. The minimum Gasteiger partial charge on any atom is -0.462 e. The van der Waals surface area contributed by atoms with Crippen molar-refractivity contribution < 1.29 is 28.6 Å². The summed E-state index contributed by atoms with van der Waals surface area (Å²) < 4.78 is 16.7. The van der Waals surface area contributed by atoms with Gasteiger partial charge < -0.3 is 14.2 Å². The first kappa shape index (κ1) is 54.4. The van der Waals surface area contributed by atoms with Gasteiger partial charge in [-0.25, -0.2) is 0 Å². The number of carbonyl (C=O) groups is 3. The van der Waals surface area contributed by atoms with Crippen molar-refractivity contribution in [3.63, 3.8) is 0 Å². The van der Waals surface area contributed by atoms with Crippen molar-refractivity contribution in [1.82, 2.24) is 0 Å². The third-order valence-electron chi connectivity index (χ3n) is 11.2. The van der Waals surface area contributed by atoms with Crippen LogP contribution in [0, 0.1) is 11.8 Å². The summed E-state index contributed by atoms with van der Waals surface area (Å²) in [6.45, 7) is 11.3. The molecule has 0 radical (unpaired) electrons. The largest absolute Gasteiger partial charge is 0.462 e. The van der Waals surface area contributed by atoms with Gasteiger partial charge in [0.1, 0.15) is 13.2 Å². The molecule has 0 aliphatic rings. The third-order valence-corrected chi connectivity index (χ3v) is 11.2. The molecule has 6 nitrogen and oxygen atoms in total. The zero-order valence-electron chi connectivity index (χ0n) is 38.3. The highest BCUT2D eigenvalue weighted by Gasteiger charge is 2.19. The average molecular weight is 793 g/mol. The molecule has 0 amide bonds. The predicted molar refractivity (Wildman–Crippen MR) is 238 cm³/mol. The van der Waals surface area contributed by atoms with Gasteiger partial charge in [-0.05, 0) is 31.1 Å². The average Bonchev–Trinajstić information content (AvgIpc) is 3.16. The first-order chi connectivity index (χ1) is 27.2. The van der Waals surface area contributed by atoms with Crippen molar-refractivity contribution in [2.45, 2.75) is 278 Å². The molecular formula is C50H96O6. The van der Waals surface area contributed by atoms with Crippen LogP contribution in [0.15, 0.2) is 0 Å². The highest BCUT2D eigenvalue weighted by molar-refractivity contribution is 5.71. The minimum atomic E-state index is -0.760. The molecule has 0 rings (SSSR count). The predicted octanol–water partition coefficient (Wildman–Crippen LogP) is 15.8. The molecule has 0 fully saturated rings. The third kappa shape index (κ3) is 43.5. The highest BCUT2D eigenvalue weighted by Crippen LogP contribution is 2.17. The second-order valence-electron chi connectivity index (χ2n) is 18.1. The first-order valence-electron chi connectivity index (χ1n) is 24.7. The maximum atomic E-state index is 12.7.